The third-order valence-electron chi connectivity index (χ3n) is 5.78. The van der Waals surface area contributed by atoms with Gasteiger partial charge in [0.05, 0.1) is 23.7 Å². The molecule has 0 spiro atoms. The zero-order valence-corrected chi connectivity index (χ0v) is 18.5. The molecule has 3 N–H and O–H groups in total. The summed E-state index contributed by atoms with van der Waals surface area (Å²) in [5.41, 5.74) is 0.524. The van der Waals surface area contributed by atoms with Crippen molar-refractivity contribution in [1.29, 1.82) is 0 Å². The summed E-state index contributed by atoms with van der Waals surface area (Å²) in [5.74, 6) is -1.74. The maximum Gasteiger partial charge on any atom is 0.338 e. The number of aromatic amines is 1. The van der Waals surface area contributed by atoms with Crippen molar-refractivity contribution in [2.45, 2.75) is 44.9 Å². The van der Waals surface area contributed by atoms with E-state index in [0.29, 0.717) is 23.8 Å². The molecular formula is C23H27N5O5. The summed E-state index contributed by atoms with van der Waals surface area (Å²) in [6, 6.07) is 6.28. The molecule has 1 atom stereocenters. The molecule has 4 rings (SSSR count). The number of hydrogen-bond donors (Lipinski definition) is 3. The SMILES string of the molecule is CCCCOC(=O)c1ccc(NC(=O)[C@@H]2CC(=O)Nc3nc(N4CCCC4)[nH]c(=O)c32)cc1. The summed E-state index contributed by atoms with van der Waals surface area (Å²) in [4.78, 5) is 59.2. The Morgan fingerprint density at radius 3 is 2.61 bits per heavy atom. The fourth-order valence-electron chi connectivity index (χ4n) is 3.97. The Hall–Kier alpha value is -3.69. The maximum absolute atomic E-state index is 13.0. The van der Waals surface area contributed by atoms with Crippen LogP contribution >= 0.6 is 0 Å². The summed E-state index contributed by atoms with van der Waals surface area (Å²) >= 11 is 0. The number of amides is 2. The number of hydrogen-bond acceptors (Lipinski definition) is 7. The smallest absolute Gasteiger partial charge is 0.338 e. The number of carbonyl (C=O) groups is 3. The van der Waals surface area contributed by atoms with E-state index in [9.17, 15) is 19.2 Å². The van der Waals surface area contributed by atoms with Crippen LogP contribution in [0.25, 0.3) is 0 Å². The van der Waals surface area contributed by atoms with Gasteiger partial charge in [-0.1, -0.05) is 13.3 Å². The molecular weight excluding hydrogens is 426 g/mol. The van der Waals surface area contributed by atoms with Gasteiger partial charge in [-0.3, -0.25) is 19.4 Å². The van der Waals surface area contributed by atoms with Gasteiger partial charge in [-0.25, -0.2) is 4.79 Å². The summed E-state index contributed by atoms with van der Waals surface area (Å²) in [6.07, 6.45) is 3.58. The Morgan fingerprint density at radius 2 is 1.91 bits per heavy atom. The minimum Gasteiger partial charge on any atom is -0.462 e. The van der Waals surface area contributed by atoms with E-state index in [2.05, 4.69) is 20.6 Å². The van der Waals surface area contributed by atoms with Crippen LogP contribution in [0.1, 0.15) is 60.9 Å². The molecule has 1 aromatic heterocycles. The first-order chi connectivity index (χ1) is 16.0. The van der Waals surface area contributed by atoms with E-state index >= 15 is 0 Å². The number of unbranched alkanes of at least 4 members (excludes halogenated alkanes) is 1. The van der Waals surface area contributed by atoms with Crippen molar-refractivity contribution in [3.63, 3.8) is 0 Å². The van der Waals surface area contributed by atoms with E-state index in [0.717, 1.165) is 38.8 Å². The van der Waals surface area contributed by atoms with E-state index in [-0.39, 0.29) is 23.7 Å². The highest BCUT2D eigenvalue weighted by molar-refractivity contribution is 6.04. The number of fused-ring (bicyclic) bond motifs is 1. The predicted octanol–water partition coefficient (Wildman–Crippen LogP) is 2.39. The third-order valence-corrected chi connectivity index (χ3v) is 5.78. The number of anilines is 3. The normalized spacial score (nSPS) is 17.3. The van der Waals surface area contributed by atoms with Crippen LogP contribution in [0, 0.1) is 0 Å². The molecule has 33 heavy (non-hydrogen) atoms. The van der Waals surface area contributed by atoms with Crippen molar-refractivity contribution in [2.75, 3.05) is 35.2 Å². The van der Waals surface area contributed by atoms with Crippen LogP contribution in [-0.4, -0.2) is 47.4 Å². The molecule has 0 saturated carbocycles. The van der Waals surface area contributed by atoms with E-state index in [1.165, 1.54) is 0 Å². The van der Waals surface area contributed by atoms with Crippen molar-refractivity contribution < 1.29 is 19.1 Å². The summed E-state index contributed by atoms with van der Waals surface area (Å²) in [7, 11) is 0. The molecule has 2 aliphatic rings. The van der Waals surface area contributed by atoms with E-state index < -0.39 is 23.4 Å². The topological polar surface area (TPSA) is 133 Å². The highest BCUT2D eigenvalue weighted by atomic mass is 16.5. The first kappa shape index (κ1) is 22.5. The lowest BCUT2D eigenvalue weighted by molar-refractivity contribution is -0.123. The lowest BCUT2D eigenvalue weighted by Gasteiger charge is -2.25. The molecule has 10 nitrogen and oxygen atoms in total. The Kier molecular flexibility index (Phi) is 6.71. The molecule has 2 amide bonds. The number of carbonyl (C=O) groups excluding carboxylic acids is 3. The van der Waals surface area contributed by atoms with Gasteiger partial charge in [-0.2, -0.15) is 4.98 Å². The molecule has 1 fully saturated rings. The highest BCUT2D eigenvalue weighted by Crippen LogP contribution is 2.30. The molecule has 0 bridgehead atoms. The third kappa shape index (κ3) is 5.05. The lowest BCUT2D eigenvalue weighted by Crippen LogP contribution is -2.37. The zero-order valence-electron chi connectivity index (χ0n) is 18.5. The number of nitrogens with zero attached hydrogens (tertiary/aromatic N) is 2. The van der Waals surface area contributed by atoms with Crippen molar-refractivity contribution >= 4 is 35.2 Å². The van der Waals surface area contributed by atoms with E-state index in [1.807, 2.05) is 11.8 Å². The fraction of sp³-hybridized carbons (Fsp3) is 0.435. The molecule has 0 unspecified atom stereocenters. The Morgan fingerprint density at radius 1 is 1.18 bits per heavy atom. The van der Waals surface area contributed by atoms with Gasteiger partial charge in [0.15, 0.2) is 0 Å². The van der Waals surface area contributed by atoms with Gasteiger partial charge in [-0.15, -0.1) is 0 Å². The van der Waals surface area contributed by atoms with Crippen LogP contribution in [-0.2, 0) is 14.3 Å². The molecule has 2 aliphatic heterocycles. The second-order valence-electron chi connectivity index (χ2n) is 8.21. The largest absolute Gasteiger partial charge is 0.462 e. The molecule has 0 radical (unpaired) electrons. The van der Waals surface area contributed by atoms with Gasteiger partial charge in [0.2, 0.25) is 17.8 Å². The van der Waals surface area contributed by atoms with Crippen molar-refractivity contribution in [3.05, 3.63) is 45.7 Å². The number of H-pyrrole nitrogens is 1. The van der Waals surface area contributed by atoms with Gasteiger partial charge in [0.25, 0.3) is 5.56 Å². The van der Waals surface area contributed by atoms with Gasteiger partial charge in [0.1, 0.15) is 5.82 Å². The van der Waals surface area contributed by atoms with E-state index in [4.69, 9.17) is 4.74 Å². The summed E-state index contributed by atoms with van der Waals surface area (Å²) < 4.78 is 5.18. The number of ether oxygens (including phenoxy) is 1. The van der Waals surface area contributed by atoms with Gasteiger partial charge in [0, 0.05) is 25.2 Å². The molecule has 10 heteroatoms. The van der Waals surface area contributed by atoms with Crippen LogP contribution in [0.2, 0.25) is 0 Å². The first-order valence-electron chi connectivity index (χ1n) is 11.2. The van der Waals surface area contributed by atoms with Gasteiger partial charge in [-0.05, 0) is 43.5 Å². The average molecular weight is 453 g/mol. The standard InChI is InChI=1S/C23H27N5O5/c1-2-3-12-33-22(32)14-6-8-15(9-7-14)24-20(30)16-13-17(29)25-19-18(16)21(31)27-23(26-19)28-10-4-5-11-28/h6-9,16H,2-5,10-13H2,1H3,(H,24,30)(H2,25,26,27,29,31)/t16-/m1/s1. The zero-order chi connectivity index (χ0) is 23.4. The Balaban J connectivity index is 1.49. The molecule has 0 aliphatic carbocycles. The van der Waals surface area contributed by atoms with Crippen molar-refractivity contribution in [1.82, 2.24) is 9.97 Å². The quantitative estimate of drug-likeness (QED) is 0.433. The van der Waals surface area contributed by atoms with Crippen LogP contribution in [0.15, 0.2) is 29.1 Å². The molecule has 3 heterocycles. The first-order valence-corrected chi connectivity index (χ1v) is 11.2. The van der Waals surface area contributed by atoms with Crippen LogP contribution < -0.4 is 21.1 Å². The minimum absolute atomic E-state index is 0.127. The average Bonchev–Trinajstić information content (AvgIpc) is 3.34. The van der Waals surface area contributed by atoms with Gasteiger partial charge >= 0.3 is 5.97 Å². The Bertz CT molecular complexity index is 1110. The summed E-state index contributed by atoms with van der Waals surface area (Å²) in [5, 5.41) is 5.35. The Labute approximate surface area is 190 Å². The summed E-state index contributed by atoms with van der Waals surface area (Å²) in [6.45, 7) is 3.93. The monoisotopic (exact) mass is 453 g/mol. The molecule has 1 aromatic carbocycles. The molecule has 2 aromatic rings. The molecule has 174 valence electrons. The van der Waals surface area contributed by atoms with Crippen LogP contribution in [0.4, 0.5) is 17.5 Å². The maximum atomic E-state index is 13.0. The number of benzene rings is 1. The van der Waals surface area contributed by atoms with E-state index in [1.54, 1.807) is 24.3 Å². The second kappa shape index (κ2) is 9.85. The number of rotatable bonds is 7. The molecule has 1 saturated heterocycles. The lowest BCUT2D eigenvalue weighted by atomic mass is 9.92. The number of esters is 1. The van der Waals surface area contributed by atoms with Gasteiger partial charge < -0.3 is 20.3 Å². The van der Waals surface area contributed by atoms with Crippen molar-refractivity contribution in [3.8, 4) is 0 Å². The van der Waals surface area contributed by atoms with Crippen molar-refractivity contribution in [2.24, 2.45) is 0 Å². The number of aromatic nitrogens is 2. The minimum atomic E-state index is -0.976. The van der Waals surface area contributed by atoms with Crippen LogP contribution in [0.5, 0.6) is 0 Å². The highest BCUT2D eigenvalue weighted by Gasteiger charge is 2.35. The number of nitrogens with one attached hydrogen (secondary N) is 3. The second-order valence-corrected chi connectivity index (χ2v) is 8.21. The fourth-order valence-corrected chi connectivity index (χ4v) is 3.97. The van der Waals surface area contributed by atoms with Crippen LogP contribution in [0.3, 0.4) is 0 Å². The predicted molar refractivity (Wildman–Crippen MR) is 123 cm³/mol.